The topological polar surface area (TPSA) is 82.3 Å². The van der Waals surface area contributed by atoms with Crippen LogP contribution in [0.1, 0.15) is 37.4 Å². The van der Waals surface area contributed by atoms with Crippen molar-refractivity contribution in [3.05, 3.63) is 53.5 Å². The van der Waals surface area contributed by atoms with Gasteiger partial charge in [0.15, 0.2) is 5.96 Å². The minimum Gasteiger partial charge on any atom is -0.494 e. The van der Waals surface area contributed by atoms with E-state index in [1.807, 2.05) is 44.2 Å². The Morgan fingerprint density at radius 2 is 1.90 bits per heavy atom. The number of hydrogen-bond acceptors (Lipinski definition) is 5. The van der Waals surface area contributed by atoms with E-state index < -0.39 is 5.60 Å². The Bertz CT molecular complexity index is 782. The molecule has 0 spiro atoms. The summed E-state index contributed by atoms with van der Waals surface area (Å²) in [6.07, 6.45) is 0.998. The zero-order chi connectivity index (χ0) is 22.0. The van der Waals surface area contributed by atoms with E-state index in [0.717, 1.165) is 36.6 Å². The number of hydrogen-bond donors (Lipinski definition) is 3. The summed E-state index contributed by atoms with van der Waals surface area (Å²) in [6.45, 7) is 8.85. The van der Waals surface area contributed by atoms with Crippen LogP contribution in [0.4, 0.5) is 0 Å². The van der Waals surface area contributed by atoms with Gasteiger partial charge in [-0.2, -0.15) is 0 Å². The van der Waals surface area contributed by atoms with Crippen molar-refractivity contribution >= 4 is 5.96 Å². The summed E-state index contributed by atoms with van der Waals surface area (Å²) in [6, 6.07) is 11.6. The number of ether oxygens (including phenoxy) is 1. The highest BCUT2D eigenvalue weighted by Gasteiger charge is 2.27. The molecule has 0 aliphatic heterocycles. The van der Waals surface area contributed by atoms with E-state index in [9.17, 15) is 5.11 Å². The molecule has 0 saturated carbocycles. The monoisotopic (exact) mass is 416 g/mol. The number of nitrogens with zero attached hydrogens (tertiary/aromatic N) is 2. The van der Waals surface area contributed by atoms with Crippen molar-refractivity contribution in [2.45, 2.75) is 39.3 Å². The molecule has 1 unspecified atom stereocenters. The van der Waals surface area contributed by atoms with Crippen LogP contribution in [0.5, 0.6) is 5.75 Å². The van der Waals surface area contributed by atoms with Crippen molar-refractivity contribution in [2.24, 2.45) is 4.99 Å². The molecule has 0 aliphatic carbocycles. The molecule has 1 aromatic heterocycles. The van der Waals surface area contributed by atoms with Crippen LogP contribution in [0.3, 0.4) is 0 Å². The molecule has 7 nitrogen and oxygen atoms in total. The molecule has 2 rings (SSSR count). The summed E-state index contributed by atoms with van der Waals surface area (Å²) in [5, 5.41) is 17.1. The number of aryl methyl sites for hydroxylation is 1. The number of aliphatic hydroxyl groups is 1. The van der Waals surface area contributed by atoms with E-state index in [2.05, 4.69) is 34.6 Å². The molecular formula is C23H36N4O3. The van der Waals surface area contributed by atoms with Crippen molar-refractivity contribution in [3.8, 4) is 5.75 Å². The zero-order valence-electron chi connectivity index (χ0n) is 18.9. The second kappa shape index (κ2) is 11.6. The summed E-state index contributed by atoms with van der Waals surface area (Å²) in [5.74, 6) is 2.82. The Labute approximate surface area is 180 Å². The highest BCUT2D eigenvalue weighted by Crippen LogP contribution is 2.21. The van der Waals surface area contributed by atoms with E-state index in [0.29, 0.717) is 24.9 Å². The van der Waals surface area contributed by atoms with Gasteiger partial charge in [0.05, 0.1) is 19.7 Å². The van der Waals surface area contributed by atoms with Gasteiger partial charge >= 0.3 is 0 Å². The van der Waals surface area contributed by atoms with Gasteiger partial charge in [-0.25, -0.2) is 4.99 Å². The summed E-state index contributed by atoms with van der Waals surface area (Å²) >= 11 is 0. The van der Waals surface area contributed by atoms with Gasteiger partial charge in [0.25, 0.3) is 0 Å². The highest BCUT2D eigenvalue weighted by molar-refractivity contribution is 5.79. The van der Waals surface area contributed by atoms with Gasteiger partial charge < -0.3 is 29.8 Å². The molecule has 0 amide bonds. The van der Waals surface area contributed by atoms with Gasteiger partial charge in [-0.1, -0.05) is 12.1 Å². The third-order valence-corrected chi connectivity index (χ3v) is 4.58. The molecule has 0 aliphatic rings. The van der Waals surface area contributed by atoms with Crippen LogP contribution in [0.25, 0.3) is 0 Å². The molecule has 3 N–H and O–H groups in total. The predicted octanol–water partition coefficient (Wildman–Crippen LogP) is 2.88. The maximum absolute atomic E-state index is 10.7. The number of nitrogens with one attached hydrogen (secondary N) is 2. The molecule has 166 valence electrons. The second-order valence-corrected chi connectivity index (χ2v) is 7.88. The molecular weight excluding hydrogens is 380 g/mol. The fourth-order valence-electron chi connectivity index (χ4n) is 2.84. The zero-order valence-corrected chi connectivity index (χ0v) is 18.9. The molecule has 0 saturated heterocycles. The Morgan fingerprint density at radius 1 is 1.17 bits per heavy atom. The van der Waals surface area contributed by atoms with Crippen LogP contribution in [-0.4, -0.2) is 56.3 Å². The molecule has 7 heteroatoms. The number of furan rings is 1. The first-order valence-electron chi connectivity index (χ1n) is 10.5. The predicted molar refractivity (Wildman–Crippen MR) is 121 cm³/mol. The summed E-state index contributed by atoms with van der Waals surface area (Å²) in [4.78, 5) is 6.76. The first-order chi connectivity index (χ1) is 14.3. The Morgan fingerprint density at radius 3 is 2.50 bits per heavy atom. The van der Waals surface area contributed by atoms with Crippen molar-refractivity contribution in [1.29, 1.82) is 0 Å². The van der Waals surface area contributed by atoms with Crippen LogP contribution in [0.2, 0.25) is 0 Å². The van der Waals surface area contributed by atoms with E-state index >= 15 is 0 Å². The smallest absolute Gasteiger partial charge is 0.191 e. The molecule has 1 atom stereocenters. The summed E-state index contributed by atoms with van der Waals surface area (Å²) in [7, 11) is 4.12. The highest BCUT2D eigenvalue weighted by atomic mass is 16.5. The molecule has 1 heterocycles. The van der Waals surface area contributed by atoms with Crippen LogP contribution in [0.15, 0.2) is 45.8 Å². The van der Waals surface area contributed by atoms with Gasteiger partial charge in [-0.15, -0.1) is 0 Å². The molecule has 30 heavy (non-hydrogen) atoms. The maximum Gasteiger partial charge on any atom is 0.191 e. The first-order valence-corrected chi connectivity index (χ1v) is 10.5. The fraction of sp³-hybridized carbons (Fsp3) is 0.522. The SMILES string of the molecule is CCNC(=NCc1ccc(OCCCN(C)C)cc1)NCC(C)(O)c1ccc(C)o1. The minimum absolute atomic E-state index is 0.283. The van der Waals surface area contributed by atoms with E-state index in [4.69, 9.17) is 9.15 Å². The first kappa shape index (κ1) is 23.8. The normalized spacial score (nSPS) is 13.9. The summed E-state index contributed by atoms with van der Waals surface area (Å²) in [5.41, 5.74) is -0.0444. The van der Waals surface area contributed by atoms with Crippen LogP contribution in [0, 0.1) is 6.92 Å². The molecule has 0 bridgehead atoms. The lowest BCUT2D eigenvalue weighted by atomic mass is 10.0. The summed E-state index contributed by atoms with van der Waals surface area (Å²) < 4.78 is 11.3. The lowest BCUT2D eigenvalue weighted by molar-refractivity contribution is 0.0378. The van der Waals surface area contributed by atoms with Gasteiger partial charge in [-0.05, 0) is 71.1 Å². The molecule has 1 aromatic carbocycles. The van der Waals surface area contributed by atoms with Crippen molar-refractivity contribution < 1.29 is 14.3 Å². The molecule has 0 radical (unpaired) electrons. The van der Waals surface area contributed by atoms with Crippen LogP contribution in [-0.2, 0) is 12.1 Å². The van der Waals surface area contributed by atoms with Gasteiger partial charge in [0.1, 0.15) is 22.9 Å². The average molecular weight is 417 g/mol. The Balaban J connectivity index is 1.87. The number of benzene rings is 1. The van der Waals surface area contributed by atoms with Gasteiger partial charge in [0, 0.05) is 13.1 Å². The standard InChI is InChI=1S/C23H36N4O3/c1-6-24-22(26-17-23(3,28)21-13-8-18(2)30-21)25-16-19-9-11-20(12-10-19)29-15-7-14-27(4)5/h8-13,28H,6-7,14-17H2,1-5H3,(H2,24,25,26). The Kier molecular flexibility index (Phi) is 9.20. The van der Waals surface area contributed by atoms with Gasteiger partial charge in [0.2, 0.25) is 0 Å². The average Bonchev–Trinajstić information content (AvgIpc) is 3.15. The van der Waals surface area contributed by atoms with Crippen molar-refractivity contribution in [1.82, 2.24) is 15.5 Å². The Hall–Kier alpha value is -2.51. The van der Waals surface area contributed by atoms with Crippen LogP contribution < -0.4 is 15.4 Å². The minimum atomic E-state index is -1.13. The lowest BCUT2D eigenvalue weighted by Gasteiger charge is -2.22. The second-order valence-electron chi connectivity index (χ2n) is 7.88. The largest absolute Gasteiger partial charge is 0.494 e. The lowest BCUT2D eigenvalue weighted by Crippen LogP contribution is -2.44. The molecule has 0 fully saturated rings. The van der Waals surface area contributed by atoms with E-state index in [-0.39, 0.29) is 6.54 Å². The van der Waals surface area contributed by atoms with Crippen molar-refractivity contribution in [3.63, 3.8) is 0 Å². The number of rotatable bonds is 11. The number of aliphatic imine (C=N–C) groups is 1. The van der Waals surface area contributed by atoms with E-state index in [1.165, 1.54) is 0 Å². The van der Waals surface area contributed by atoms with Crippen LogP contribution >= 0.6 is 0 Å². The molecule has 2 aromatic rings. The van der Waals surface area contributed by atoms with Crippen molar-refractivity contribution in [2.75, 3.05) is 40.3 Å². The van der Waals surface area contributed by atoms with Gasteiger partial charge in [-0.3, -0.25) is 0 Å². The third kappa shape index (κ3) is 8.08. The quantitative estimate of drug-likeness (QED) is 0.297. The number of guanidine groups is 1. The maximum atomic E-state index is 10.7. The fourth-order valence-corrected chi connectivity index (χ4v) is 2.84. The van der Waals surface area contributed by atoms with E-state index in [1.54, 1.807) is 13.0 Å². The third-order valence-electron chi connectivity index (χ3n) is 4.58.